The maximum atomic E-state index is 6.06. The lowest BCUT2D eigenvalue weighted by molar-refractivity contribution is 0.448. The molecule has 0 aromatic heterocycles. The van der Waals surface area contributed by atoms with Gasteiger partial charge < -0.3 is 9.64 Å². The average Bonchev–Trinajstić information content (AvgIpc) is 2.44. The number of halogens is 1. The van der Waals surface area contributed by atoms with Gasteiger partial charge in [0, 0.05) is 17.1 Å². The molecule has 0 aliphatic rings. The molecule has 0 fully saturated rings. The molecule has 2 aromatic carbocycles. The molecule has 0 atom stereocenters. The highest BCUT2D eigenvalue weighted by molar-refractivity contribution is 6.30. The number of nitrogens with zero attached hydrogens (tertiary/aromatic N) is 1. The van der Waals surface area contributed by atoms with Crippen LogP contribution >= 0.6 is 11.6 Å². The van der Waals surface area contributed by atoms with Gasteiger partial charge in [0.05, 0.1) is 0 Å². The van der Waals surface area contributed by atoms with Crippen molar-refractivity contribution in [2.75, 3.05) is 20.6 Å². The van der Waals surface area contributed by atoms with Gasteiger partial charge in [0.1, 0.15) is 11.5 Å². The second kappa shape index (κ2) is 7.13. The van der Waals surface area contributed by atoms with Crippen LogP contribution in [0.4, 0.5) is 0 Å². The summed E-state index contributed by atoms with van der Waals surface area (Å²) in [6.45, 7) is 0.800. The van der Waals surface area contributed by atoms with Crippen LogP contribution in [0.1, 0.15) is 5.56 Å². The van der Waals surface area contributed by atoms with Gasteiger partial charge in [-0.3, -0.25) is 0 Å². The summed E-state index contributed by atoms with van der Waals surface area (Å²) in [7, 11) is 4.04. The van der Waals surface area contributed by atoms with Crippen molar-refractivity contribution < 1.29 is 4.74 Å². The summed E-state index contributed by atoms with van der Waals surface area (Å²) in [6.07, 6.45) is 2.05. The summed E-state index contributed by atoms with van der Waals surface area (Å²) in [5, 5.41) is 0.704. The minimum absolute atomic E-state index is 0.704. The SMILES string of the molecule is CN(C)CC=C(Oc1ccccc1)c1cccc(Cl)c1. The molecule has 20 heavy (non-hydrogen) atoms. The lowest BCUT2D eigenvalue weighted by Gasteiger charge is -2.13. The molecule has 0 N–H and O–H groups in total. The van der Waals surface area contributed by atoms with Crippen LogP contribution in [-0.4, -0.2) is 25.5 Å². The van der Waals surface area contributed by atoms with E-state index in [1.165, 1.54) is 0 Å². The Morgan fingerprint density at radius 2 is 1.85 bits per heavy atom. The molecule has 0 spiro atoms. The summed E-state index contributed by atoms with van der Waals surface area (Å²) in [4.78, 5) is 2.08. The minimum atomic E-state index is 0.704. The molecule has 3 heteroatoms. The number of ether oxygens (including phenoxy) is 1. The van der Waals surface area contributed by atoms with E-state index >= 15 is 0 Å². The zero-order valence-electron chi connectivity index (χ0n) is 11.7. The van der Waals surface area contributed by atoms with Crippen LogP contribution in [0.5, 0.6) is 5.75 Å². The number of para-hydroxylation sites is 1. The van der Waals surface area contributed by atoms with Gasteiger partial charge >= 0.3 is 0 Å². The maximum absolute atomic E-state index is 6.06. The Hall–Kier alpha value is -1.77. The van der Waals surface area contributed by atoms with Crippen LogP contribution in [0.15, 0.2) is 60.7 Å². The molecule has 0 saturated carbocycles. The van der Waals surface area contributed by atoms with Crippen molar-refractivity contribution in [3.63, 3.8) is 0 Å². The third-order valence-corrected chi connectivity index (χ3v) is 2.96. The van der Waals surface area contributed by atoms with Gasteiger partial charge in [-0.1, -0.05) is 41.9 Å². The summed E-state index contributed by atoms with van der Waals surface area (Å²) >= 11 is 6.06. The molecule has 2 nitrogen and oxygen atoms in total. The van der Waals surface area contributed by atoms with E-state index in [1.807, 2.05) is 68.7 Å². The summed E-state index contributed by atoms with van der Waals surface area (Å²) in [5.41, 5.74) is 0.975. The van der Waals surface area contributed by atoms with E-state index in [2.05, 4.69) is 11.0 Å². The van der Waals surface area contributed by atoms with Crippen molar-refractivity contribution in [2.24, 2.45) is 0 Å². The lowest BCUT2D eigenvalue weighted by Crippen LogP contribution is -2.12. The Labute approximate surface area is 125 Å². The fourth-order valence-electron chi connectivity index (χ4n) is 1.74. The van der Waals surface area contributed by atoms with E-state index < -0.39 is 0 Å². The largest absolute Gasteiger partial charge is 0.457 e. The van der Waals surface area contributed by atoms with Gasteiger partial charge in [-0.2, -0.15) is 0 Å². The van der Waals surface area contributed by atoms with Crippen LogP contribution < -0.4 is 4.74 Å². The van der Waals surface area contributed by atoms with E-state index in [4.69, 9.17) is 16.3 Å². The number of hydrogen-bond donors (Lipinski definition) is 0. The van der Waals surface area contributed by atoms with Crippen LogP contribution in [0, 0.1) is 0 Å². The Balaban J connectivity index is 2.27. The molecule has 2 rings (SSSR count). The van der Waals surface area contributed by atoms with E-state index in [0.29, 0.717) is 5.02 Å². The molecule has 104 valence electrons. The topological polar surface area (TPSA) is 12.5 Å². The van der Waals surface area contributed by atoms with Gasteiger partial charge in [0.2, 0.25) is 0 Å². The van der Waals surface area contributed by atoms with E-state index in [-0.39, 0.29) is 0 Å². The normalized spacial score (nSPS) is 11.7. The predicted octanol–water partition coefficient (Wildman–Crippen LogP) is 4.32. The van der Waals surface area contributed by atoms with Gasteiger partial charge in [-0.05, 0) is 44.4 Å². The highest BCUT2D eigenvalue weighted by Gasteiger charge is 2.05. The fourth-order valence-corrected chi connectivity index (χ4v) is 1.93. The third-order valence-electron chi connectivity index (χ3n) is 2.72. The Kier molecular flexibility index (Phi) is 5.22. The second-order valence-corrected chi connectivity index (χ2v) is 5.19. The van der Waals surface area contributed by atoms with Crippen molar-refractivity contribution in [3.8, 4) is 5.75 Å². The van der Waals surface area contributed by atoms with Crippen LogP contribution in [0.25, 0.3) is 5.76 Å². The molecule has 0 radical (unpaired) electrons. The van der Waals surface area contributed by atoms with Crippen LogP contribution in [-0.2, 0) is 0 Å². The second-order valence-electron chi connectivity index (χ2n) is 4.76. The standard InChI is InChI=1S/C17H18ClNO/c1-19(2)12-11-17(14-7-6-8-15(18)13-14)20-16-9-4-3-5-10-16/h3-11,13H,12H2,1-2H3. The van der Waals surface area contributed by atoms with Crippen molar-refractivity contribution in [1.82, 2.24) is 4.90 Å². The third kappa shape index (κ3) is 4.41. The number of likely N-dealkylation sites (N-methyl/N-ethyl adjacent to an activating group) is 1. The highest BCUT2D eigenvalue weighted by atomic mass is 35.5. The minimum Gasteiger partial charge on any atom is -0.457 e. The molecule has 0 bridgehead atoms. The van der Waals surface area contributed by atoms with Crippen LogP contribution in [0.2, 0.25) is 5.02 Å². The van der Waals surface area contributed by atoms with Crippen molar-refractivity contribution in [2.45, 2.75) is 0 Å². The van der Waals surface area contributed by atoms with Gasteiger partial charge in [-0.25, -0.2) is 0 Å². The molecular weight excluding hydrogens is 270 g/mol. The Morgan fingerprint density at radius 3 is 2.50 bits per heavy atom. The quantitative estimate of drug-likeness (QED) is 0.759. The number of benzene rings is 2. The molecule has 0 saturated heterocycles. The smallest absolute Gasteiger partial charge is 0.132 e. The molecule has 0 heterocycles. The molecule has 0 amide bonds. The molecule has 2 aromatic rings. The van der Waals surface area contributed by atoms with Crippen LogP contribution in [0.3, 0.4) is 0 Å². The van der Waals surface area contributed by atoms with Crippen molar-refractivity contribution in [3.05, 3.63) is 71.3 Å². The zero-order chi connectivity index (χ0) is 14.4. The first-order valence-corrected chi connectivity index (χ1v) is 6.86. The summed E-state index contributed by atoms with van der Waals surface area (Å²) < 4.78 is 5.98. The first kappa shape index (κ1) is 14.6. The number of rotatable bonds is 5. The zero-order valence-corrected chi connectivity index (χ0v) is 12.5. The average molecular weight is 288 g/mol. The maximum Gasteiger partial charge on any atom is 0.132 e. The first-order valence-electron chi connectivity index (χ1n) is 6.49. The Morgan fingerprint density at radius 1 is 1.10 bits per heavy atom. The first-order chi connectivity index (χ1) is 9.65. The van der Waals surface area contributed by atoms with Crippen molar-refractivity contribution in [1.29, 1.82) is 0 Å². The highest BCUT2D eigenvalue weighted by Crippen LogP contribution is 2.23. The molecular formula is C17H18ClNO. The van der Waals surface area contributed by atoms with E-state index in [1.54, 1.807) is 0 Å². The number of hydrogen-bond acceptors (Lipinski definition) is 2. The Bertz CT molecular complexity index is 579. The summed E-state index contributed by atoms with van der Waals surface area (Å²) in [5.74, 6) is 1.63. The predicted molar refractivity (Wildman–Crippen MR) is 85.1 cm³/mol. The van der Waals surface area contributed by atoms with Gasteiger partial charge in [0.15, 0.2) is 0 Å². The molecule has 0 aliphatic heterocycles. The summed E-state index contributed by atoms with van der Waals surface area (Å²) in [6, 6.07) is 17.4. The van der Waals surface area contributed by atoms with E-state index in [9.17, 15) is 0 Å². The molecule has 0 aliphatic carbocycles. The lowest BCUT2D eigenvalue weighted by atomic mass is 10.1. The van der Waals surface area contributed by atoms with Gasteiger partial charge in [0.25, 0.3) is 0 Å². The van der Waals surface area contributed by atoms with E-state index in [0.717, 1.165) is 23.6 Å². The van der Waals surface area contributed by atoms with Crippen molar-refractivity contribution >= 4 is 17.4 Å². The monoisotopic (exact) mass is 287 g/mol. The fraction of sp³-hybridized carbons (Fsp3) is 0.176. The van der Waals surface area contributed by atoms with Gasteiger partial charge in [-0.15, -0.1) is 0 Å². The molecule has 0 unspecified atom stereocenters.